The summed E-state index contributed by atoms with van der Waals surface area (Å²) in [5, 5.41) is 9.03. The van der Waals surface area contributed by atoms with E-state index in [9.17, 15) is 0 Å². The van der Waals surface area contributed by atoms with Gasteiger partial charge in [0.05, 0.1) is 30.4 Å². The van der Waals surface area contributed by atoms with E-state index in [4.69, 9.17) is 14.5 Å². The van der Waals surface area contributed by atoms with Crippen LogP contribution in [0.2, 0.25) is 0 Å². The lowest BCUT2D eigenvalue weighted by atomic mass is 9.86. The third kappa shape index (κ3) is 4.17. The van der Waals surface area contributed by atoms with Crippen molar-refractivity contribution in [2.75, 3.05) is 39.7 Å². The molecule has 5 rings (SSSR count). The van der Waals surface area contributed by atoms with Crippen molar-refractivity contribution in [1.29, 1.82) is 0 Å². The molecule has 0 radical (unpaired) electrons. The van der Waals surface area contributed by atoms with Gasteiger partial charge in [-0.2, -0.15) is 10.1 Å². The van der Waals surface area contributed by atoms with Gasteiger partial charge >= 0.3 is 0 Å². The smallest absolute Gasteiger partial charge is 0.229 e. The van der Waals surface area contributed by atoms with E-state index in [1.807, 2.05) is 12.4 Å². The molecule has 0 bridgehead atoms. The molecule has 170 valence electrons. The van der Waals surface area contributed by atoms with Gasteiger partial charge in [-0.05, 0) is 68.3 Å². The van der Waals surface area contributed by atoms with Crippen LogP contribution < -0.4 is 10.1 Å². The summed E-state index contributed by atoms with van der Waals surface area (Å²) in [6, 6.07) is 4.69. The van der Waals surface area contributed by atoms with E-state index in [-0.39, 0.29) is 0 Å². The van der Waals surface area contributed by atoms with E-state index in [2.05, 4.69) is 44.2 Å². The predicted octanol–water partition coefficient (Wildman–Crippen LogP) is 3.94. The van der Waals surface area contributed by atoms with Crippen molar-refractivity contribution >= 4 is 22.7 Å². The van der Waals surface area contributed by atoms with Crippen LogP contribution in [0, 0.1) is 5.92 Å². The number of nitrogens with one attached hydrogen (secondary N) is 1. The van der Waals surface area contributed by atoms with E-state index in [1.165, 1.54) is 11.1 Å². The average Bonchev–Trinajstić information content (AvgIpc) is 3.22. The predicted molar refractivity (Wildman–Crippen MR) is 125 cm³/mol. The first-order valence-corrected chi connectivity index (χ1v) is 11.5. The third-order valence-electron chi connectivity index (χ3n) is 6.87. The highest BCUT2D eigenvalue weighted by Crippen LogP contribution is 2.35. The number of hydrogen-bond donors (Lipinski definition) is 1. The molecule has 2 aromatic heterocycles. The summed E-state index contributed by atoms with van der Waals surface area (Å²) in [5.74, 6) is 2.04. The lowest BCUT2D eigenvalue weighted by molar-refractivity contribution is 0.119. The highest BCUT2D eigenvalue weighted by atomic mass is 16.5. The maximum absolute atomic E-state index is 5.67. The molecule has 3 aromatic rings. The third-order valence-corrected chi connectivity index (χ3v) is 6.87. The maximum Gasteiger partial charge on any atom is 0.229 e. The summed E-state index contributed by atoms with van der Waals surface area (Å²) in [6.45, 7) is 2.85. The summed E-state index contributed by atoms with van der Waals surface area (Å²) < 4.78 is 13.1. The molecule has 1 aromatic carbocycles. The molecule has 0 unspecified atom stereocenters. The second-order valence-corrected chi connectivity index (χ2v) is 9.13. The molecule has 1 aliphatic heterocycles. The van der Waals surface area contributed by atoms with Crippen LogP contribution in [0.4, 0.5) is 11.6 Å². The van der Waals surface area contributed by atoms with Gasteiger partial charge in [-0.15, -0.1) is 0 Å². The minimum absolute atomic E-state index is 0.372. The van der Waals surface area contributed by atoms with Crippen molar-refractivity contribution in [3.8, 4) is 5.75 Å². The zero-order valence-electron chi connectivity index (χ0n) is 19.2. The molecular weight excluding hydrogens is 404 g/mol. The van der Waals surface area contributed by atoms with Crippen LogP contribution in [0.25, 0.3) is 11.0 Å². The van der Waals surface area contributed by atoms with E-state index in [1.54, 1.807) is 14.2 Å². The zero-order chi connectivity index (χ0) is 22.1. The monoisotopic (exact) mass is 436 g/mol. The first-order valence-electron chi connectivity index (χ1n) is 11.5. The maximum atomic E-state index is 5.67. The Morgan fingerprint density at radius 1 is 1.09 bits per heavy atom. The van der Waals surface area contributed by atoms with Gasteiger partial charge in [0.15, 0.2) is 5.65 Å². The number of aromatic nitrogens is 4. The Morgan fingerprint density at radius 3 is 2.72 bits per heavy atom. The number of methoxy groups -OCH3 is 2. The van der Waals surface area contributed by atoms with Crippen molar-refractivity contribution in [1.82, 2.24) is 24.6 Å². The molecule has 0 spiro atoms. The first-order chi connectivity index (χ1) is 15.6. The molecule has 0 atom stereocenters. The summed E-state index contributed by atoms with van der Waals surface area (Å²) in [4.78, 5) is 11.7. The number of ether oxygens (including phenoxy) is 2. The number of anilines is 2. The second-order valence-electron chi connectivity index (χ2n) is 9.13. The highest BCUT2D eigenvalue weighted by Gasteiger charge is 2.25. The van der Waals surface area contributed by atoms with Crippen LogP contribution in [-0.2, 0) is 17.7 Å². The van der Waals surface area contributed by atoms with Crippen molar-refractivity contribution in [2.45, 2.75) is 44.7 Å². The molecule has 8 nitrogen and oxygen atoms in total. The molecule has 1 saturated carbocycles. The summed E-state index contributed by atoms with van der Waals surface area (Å²) in [6.07, 6.45) is 9.29. The average molecular weight is 437 g/mol. The number of hydrogen-bond acceptors (Lipinski definition) is 7. The van der Waals surface area contributed by atoms with E-state index in [0.717, 1.165) is 74.3 Å². The Balaban J connectivity index is 1.40. The van der Waals surface area contributed by atoms with E-state index >= 15 is 0 Å². The number of likely N-dealkylation sites (N-methyl/N-ethyl adjacent to an activating group) is 1. The largest absolute Gasteiger partial charge is 0.495 e. The number of fused-ring (bicyclic) bond motifs is 2. The summed E-state index contributed by atoms with van der Waals surface area (Å²) in [7, 11) is 5.65. The fraction of sp³-hybridized carbons (Fsp3) is 0.542. The first kappa shape index (κ1) is 21.2. The zero-order valence-corrected chi connectivity index (χ0v) is 19.2. The van der Waals surface area contributed by atoms with Crippen LogP contribution >= 0.6 is 0 Å². The van der Waals surface area contributed by atoms with Crippen molar-refractivity contribution in [2.24, 2.45) is 5.92 Å². The topological polar surface area (TPSA) is 77.3 Å². The number of rotatable bonds is 6. The minimum Gasteiger partial charge on any atom is -0.495 e. The Morgan fingerprint density at radius 2 is 1.94 bits per heavy atom. The fourth-order valence-corrected chi connectivity index (χ4v) is 5.07. The lowest BCUT2D eigenvalue weighted by Crippen LogP contribution is -2.26. The molecule has 0 saturated heterocycles. The molecule has 8 heteroatoms. The van der Waals surface area contributed by atoms with Crippen LogP contribution in [-0.4, -0.2) is 59.1 Å². The quantitative estimate of drug-likeness (QED) is 0.627. The Hall–Kier alpha value is -2.71. The van der Waals surface area contributed by atoms with Gasteiger partial charge in [0, 0.05) is 33.0 Å². The normalized spacial score (nSPS) is 21.5. The van der Waals surface area contributed by atoms with Crippen LogP contribution in [0.5, 0.6) is 5.75 Å². The van der Waals surface area contributed by atoms with Crippen LogP contribution in [0.1, 0.15) is 42.9 Å². The van der Waals surface area contributed by atoms with Gasteiger partial charge in [-0.3, -0.25) is 0 Å². The van der Waals surface area contributed by atoms with E-state index in [0.29, 0.717) is 17.9 Å². The van der Waals surface area contributed by atoms with Gasteiger partial charge in [-0.25, -0.2) is 9.67 Å². The molecule has 1 N–H and O–H groups in total. The fourth-order valence-electron chi connectivity index (χ4n) is 5.07. The van der Waals surface area contributed by atoms with Crippen molar-refractivity contribution in [3.63, 3.8) is 0 Å². The lowest BCUT2D eigenvalue weighted by Gasteiger charge is -2.28. The highest BCUT2D eigenvalue weighted by molar-refractivity contribution is 5.76. The van der Waals surface area contributed by atoms with Crippen molar-refractivity contribution in [3.05, 3.63) is 35.7 Å². The van der Waals surface area contributed by atoms with Crippen LogP contribution in [0.3, 0.4) is 0 Å². The minimum atomic E-state index is 0.372. The Bertz CT molecular complexity index is 1090. The van der Waals surface area contributed by atoms with Gasteiger partial charge in [-0.1, -0.05) is 0 Å². The number of benzene rings is 1. The number of nitrogens with zero attached hydrogens (tertiary/aromatic N) is 5. The standard InChI is InChI=1S/C24H32N6O2/c1-29-9-8-17-11-22(32-3)21(10-18(17)14-29)27-24-25-12-19-13-26-30(23(19)28-24)20-6-4-16(5-7-20)15-31-2/h10-13,16,20H,4-9,14-15H2,1-3H3,(H,25,27,28). The van der Waals surface area contributed by atoms with Gasteiger partial charge in [0.25, 0.3) is 0 Å². The Labute approximate surface area is 188 Å². The molecular formula is C24H32N6O2. The molecule has 1 fully saturated rings. The van der Waals surface area contributed by atoms with Gasteiger partial charge < -0.3 is 19.7 Å². The van der Waals surface area contributed by atoms with Gasteiger partial charge in [0.2, 0.25) is 5.95 Å². The van der Waals surface area contributed by atoms with E-state index < -0.39 is 0 Å². The van der Waals surface area contributed by atoms with Crippen LogP contribution in [0.15, 0.2) is 24.5 Å². The van der Waals surface area contributed by atoms with Crippen molar-refractivity contribution < 1.29 is 9.47 Å². The molecule has 3 heterocycles. The molecule has 1 aliphatic carbocycles. The Kier molecular flexibility index (Phi) is 5.97. The summed E-state index contributed by atoms with van der Waals surface area (Å²) in [5.41, 5.74) is 4.45. The second kappa shape index (κ2) is 9.03. The molecule has 32 heavy (non-hydrogen) atoms. The molecule has 2 aliphatic rings. The summed E-state index contributed by atoms with van der Waals surface area (Å²) >= 11 is 0. The van der Waals surface area contributed by atoms with Gasteiger partial charge in [0.1, 0.15) is 5.75 Å². The SMILES string of the molecule is COCC1CCC(n2ncc3cnc(Nc4cc5c(cc4OC)CCN(C)C5)nc32)CC1. The molecule has 0 amide bonds.